The van der Waals surface area contributed by atoms with Crippen LogP contribution in [0.3, 0.4) is 0 Å². The quantitative estimate of drug-likeness (QED) is 0.865. The number of rotatable bonds is 3. The van der Waals surface area contributed by atoms with Gasteiger partial charge in [0.25, 0.3) is 0 Å². The van der Waals surface area contributed by atoms with E-state index < -0.39 is 0 Å². The Bertz CT molecular complexity index is 819. The van der Waals surface area contributed by atoms with Gasteiger partial charge in [0.1, 0.15) is 0 Å². The highest BCUT2D eigenvalue weighted by Gasteiger charge is 2.39. The Balaban J connectivity index is 1.34. The average molecular weight is 395 g/mol. The number of aromatic nitrogens is 1. The lowest BCUT2D eigenvalue weighted by atomic mass is 9.78. The van der Waals surface area contributed by atoms with E-state index in [9.17, 15) is 4.79 Å². The number of carbonyl (C=O) groups is 1. The van der Waals surface area contributed by atoms with Gasteiger partial charge in [-0.2, -0.15) is 0 Å². The number of likely N-dealkylation sites (tertiary alicyclic amines) is 1. The lowest BCUT2D eigenvalue weighted by molar-refractivity contribution is 0.0242. The van der Waals surface area contributed by atoms with Gasteiger partial charge in [-0.25, -0.2) is 4.79 Å². The van der Waals surface area contributed by atoms with Crippen LogP contribution in [0, 0.1) is 12.3 Å². The fourth-order valence-corrected chi connectivity index (χ4v) is 4.37. The molecule has 6 nitrogen and oxygen atoms in total. The van der Waals surface area contributed by atoms with E-state index in [0.29, 0.717) is 0 Å². The van der Waals surface area contributed by atoms with Crippen molar-refractivity contribution in [2.24, 2.45) is 5.41 Å². The second-order valence-corrected chi connectivity index (χ2v) is 8.41. The number of aryl methyl sites for hydroxylation is 1. The number of urea groups is 1. The first-order valence-electron chi connectivity index (χ1n) is 10.4. The summed E-state index contributed by atoms with van der Waals surface area (Å²) in [5.74, 6) is 0. The second kappa shape index (κ2) is 8.93. The van der Waals surface area contributed by atoms with Crippen LogP contribution >= 0.6 is 0 Å². The number of hydrogen-bond acceptors (Lipinski definition) is 4. The van der Waals surface area contributed by atoms with Crippen molar-refractivity contribution in [3.63, 3.8) is 0 Å². The molecule has 3 heterocycles. The monoisotopic (exact) mass is 394 g/mol. The predicted octanol–water partition coefficient (Wildman–Crippen LogP) is 3.54. The van der Waals surface area contributed by atoms with E-state index >= 15 is 0 Å². The van der Waals surface area contributed by atoms with Crippen LogP contribution < -0.4 is 5.32 Å². The Morgan fingerprint density at radius 3 is 2.72 bits per heavy atom. The minimum absolute atomic E-state index is 0.00590. The summed E-state index contributed by atoms with van der Waals surface area (Å²) in [5.41, 5.74) is 3.41. The van der Waals surface area contributed by atoms with Gasteiger partial charge < -0.3 is 15.0 Å². The average Bonchev–Trinajstić information content (AvgIpc) is 2.91. The van der Waals surface area contributed by atoms with Crippen molar-refractivity contribution in [3.8, 4) is 0 Å². The van der Waals surface area contributed by atoms with Gasteiger partial charge in [0.05, 0.1) is 13.2 Å². The topological polar surface area (TPSA) is 57.7 Å². The fourth-order valence-electron chi connectivity index (χ4n) is 4.37. The first-order chi connectivity index (χ1) is 14.1. The molecule has 2 aromatic rings. The molecule has 0 unspecified atom stereocenters. The molecule has 0 radical (unpaired) electrons. The molecule has 6 heteroatoms. The zero-order chi connectivity index (χ0) is 20.1. The minimum Gasteiger partial charge on any atom is -0.379 e. The van der Waals surface area contributed by atoms with Crippen LogP contribution in [0.25, 0.3) is 0 Å². The molecular weight excluding hydrogens is 364 g/mol. The van der Waals surface area contributed by atoms with E-state index in [1.807, 2.05) is 48.5 Å². The van der Waals surface area contributed by atoms with Gasteiger partial charge in [-0.3, -0.25) is 9.88 Å². The second-order valence-electron chi connectivity index (χ2n) is 8.41. The van der Waals surface area contributed by atoms with Crippen molar-refractivity contribution in [3.05, 3.63) is 59.9 Å². The van der Waals surface area contributed by atoms with Crippen molar-refractivity contribution in [1.82, 2.24) is 14.8 Å². The SMILES string of the molecule is Cc1cccc(NC(=O)N2CCC3(CC2)COCCN(Cc2ccncc2)C3)c1. The summed E-state index contributed by atoms with van der Waals surface area (Å²) in [6.07, 6.45) is 5.65. The molecule has 0 aliphatic carbocycles. The number of benzene rings is 1. The van der Waals surface area contributed by atoms with Crippen molar-refractivity contribution in [2.45, 2.75) is 26.3 Å². The number of piperidine rings is 1. The molecule has 2 amide bonds. The first kappa shape index (κ1) is 19.9. The molecule has 1 N–H and O–H groups in total. The largest absolute Gasteiger partial charge is 0.379 e. The highest BCUT2D eigenvalue weighted by molar-refractivity contribution is 5.89. The molecule has 0 atom stereocenters. The lowest BCUT2D eigenvalue weighted by Crippen LogP contribution is -2.49. The third-order valence-corrected chi connectivity index (χ3v) is 6.06. The third kappa shape index (κ3) is 5.14. The molecule has 2 fully saturated rings. The summed E-state index contributed by atoms with van der Waals surface area (Å²) >= 11 is 0. The highest BCUT2D eigenvalue weighted by atomic mass is 16.5. The molecule has 2 aliphatic rings. The predicted molar refractivity (Wildman–Crippen MR) is 114 cm³/mol. The van der Waals surface area contributed by atoms with E-state index in [1.165, 1.54) is 5.56 Å². The summed E-state index contributed by atoms with van der Waals surface area (Å²) in [4.78, 5) is 21.2. The van der Waals surface area contributed by atoms with Gasteiger partial charge in [0.15, 0.2) is 0 Å². The molecule has 154 valence electrons. The zero-order valence-electron chi connectivity index (χ0n) is 17.1. The maximum atomic E-state index is 12.7. The van der Waals surface area contributed by atoms with E-state index in [0.717, 1.165) is 70.0 Å². The number of nitrogens with one attached hydrogen (secondary N) is 1. The maximum absolute atomic E-state index is 12.7. The Hall–Kier alpha value is -2.44. The van der Waals surface area contributed by atoms with Crippen molar-refractivity contribution < 1.29 is 9.53 Å². The number of nitrogens with zero attached hydrogens (tertiary/aromatic N) is 3. The zero-order valence-corrected chi connectivity index (χ0v) is 17.1. The Kier molecular flexibility index (Phi) is 6.11. The summed E-state index contributed by atoms with van der Waals surface area (Å²) in [6.45, 7) is 8.01. The molecule has 0 saturated carbocycles. The van der Waals surface area contributed by atoms with E-state index in [2.05, 4.69) is 27.3 Å². The first-order valence-corrected chi connectivity index (χ1v) is 10.4. The molecule has 1 aromatic carbocycles. The Labute approximate surface area is 172 Å². The molecule has 1 aromatic heterocycles. The molecule has 29 heavy (non-hydrogen) atoms. The van der Waals surface area contributed by atoms with Crippen LogP contribution in [0.1, 0.15) is 24.0 Å². The molecule has 2 aliphatic heterocycles. The van der Waals surface area contributed by atoms with Crippen LogP contribution in [-0.2, 0) is 11.3 Å². The number of ether oxygens (including phenoxy) is 1. The third-order valence-electron chi connectivity index (χ3n) is 6.06. The normalized spacial score (nSPS) is 19.7. The minimum atomic E-state index is -0.00590. The van der Waals surface area contributed by atoms with E-state index in [-0.39, 0.29) is 11.4 Å². The van der Waals surface area contributed by atoms with Gasteiger partial charge in [0.2, 0.25) is 0 Å². The van der Waals surface area contributed by atoms with Gasteiger partial charge in [-0.05, 0) is 55.2 Å². The van der Waals surface area contributed by atoms with Crippen LogP contribution in [0.15, 0.2) is 48.8 Å². The molecule has 1 spiro atoms. The van der Waals surface area contributed by atoms with E-state index in [1.54, 1.807) is 0 Å². The molecule has 0 bridgehead atoms. The van der Waals surface area contributed by atoms with Crippen molar-refractivity contribution in [2.75, 3.05) is 44.7 Å². The van der Waals surface area contributed by atoms with Crippen molar-refractivity contribution >= 4 is 11.7 Å². The number of anilines is 1. The lowest BCUT2D eigenvalue weighted by Gasteiger charge is -2.42. The van der Waals surface area contributed by atoms with Gasteiger partial charge >= 0.3 is 6.03 Å². The summed E-state index contributed by atoms with van der Waals surface area (Å²) in [7, 11) is 0. The van der Waals surface area contributed by atoms with Gasteiger partial charge in [-0.1, -0.05) is 12.1 Å². The number of carbonyl (C=O) groups excluding carboxylic acids is 1. The summed E-state index contributed by atoms with van der Waals surface area (Å²) in [5, 5.41) is 3.04. The molecular formula is C23H30N4O2. The van der Waals surface area contributed by atoms with Crippen molar-refractivity contribution in [1.29, 1.82) is 0 Å². The van der Waals surface area contributed by atoms with Crippen LogP contribution in [0.4, 0.5) is 10.5 Å². The number of amides is 2. The smallest absolute Gasteiger partial charge is 0.321 e. The number of pyridine rings is 1. The summed E-state index contributed by atoms with van der Waals surface area (Å²) in [6, 6.07) is 12.1. The van der Waals surface area contributed by atoms with Crippen LogP contribution in [-0.4, -0.2) is 60.2 Å². The van der Waals surface area contributed by atoms with Gasteiger partial charge in [0, 0.05) is 56.2 Å². The molecule has 2 saturated heterocycles. The maximum Gasteiger partial charge on any atom is 0.321 e. The molecule has 4 rings (SSSR count). The van der Waals surface area contributed by atoms with Crippen LogP contribution in [0.2, 0.25) is 0 Å². The summed E-state index contributed by atoms with van der Waals surface area (Å²) < 4.78 is 5.99. The Morgan fingerprint density at radius 2 is 1.97 bits per heavy atom. The fraction of sp³-hybridized carbons (Fsp3) is 0.478. The standard InChI is InChI=1S/C23H30N4O2/c1-19-3-2-4-21(15-19)25-22(28)27-11-7-23(8-12-27)17-26(13-14-29-18-23)16-20-5-9-24-10-6-20/h2-6,9-10,15H,7-8,11-14,16-18H2,1H3,(H,25,28). The van der Waals surface area contributed by atoms with E-state index in [4.69, 9.17) is 4.74 Å². The number of hydrogen-bond donors (Lipinski definition) is 1. The highest BCUT2D eigenvalue weighted by Crippen LogP contribution is 2.35. The Morgan fingerprint density at radius 1 is 1.17 bits per heavy atom. The van der Waals surface area contributed by atoms with Gasteiger partial charge in [-0.15, -0.1) is 0 Å². The van der Waals surface area contributed by atoms with Crippen LogP contribution in [0.5, 0.6) is 0 Å².